The summed E-state index contributed by atoms with van der Waals surface area (Å²) in [4.78, 5) is 0. The predicted molar refractivity (Wildman–Crippen MR) is 37.8 cm³/mol. The summed E-state index contributed by atoms with van der Waals surface area (Å²) in [5.74, 6) is -3.33. The Morgan fingerprint density at radius 2 is 1.64 bits per heavy atom. The molecule has 78 valence electrons. The number of alkyl halides is 3. The van der Waals surface area contributed by atoms with Crippen molar-refractivity contribution in [3.05, 3.63) is 29.3 Å². The van der Waals surface area contributed by atoms with Gasteiger partial charge in [-0.15, -0.1) is 13.2 Å². The van der Waals surface area contributed by atoms with Crippen LogP contribution in [0.3, 0.4) is 0 Å². The summed E-state index contributed by atoms with van der Waals surface area (Å²) < 4.78 is 63.7. The van der Waals surface area contributed by atoms with Crippen LogP contribution in [0.4, 0.5) is 22.0 Å². The molecule has 0 atom stereocenters. The smallest absolute Gasteiger partial charge is 0.403 e. The second-order valence-electron chi connectivity index (χ2n) is 2.58. The molecule has 0 N–H and O–H groups in total. The van der Waals surface area contributed by atoms with Crippen LogP contribution in [0.5, 0.6) is 5.75 Å². The van der Waals surface area contributed by atoms with Crippen molar-refractivity contribution in [2.24, 2.45) is 0 Å². The van der Waals surface area contributed by atoms with E-state index in [1.165, 1.54) is 6.92 Å². The highest BCUT2D eigenvalue weighted by Crippen LogP contribution is 2.27. The number of hydrogen-bond donors (Lipinski definition) is 0. The standard InChI is InChI=1S/C8H5F5O/c1-4-2-7(14-8(11,12)13)6(10)3-5(4)9/h2-3H,1H3. The molecule has 0 spiro atoms. The van der Waals surface area contributed by atoms with Crippen LogP contribution in [0.15, 0.2) is 12.1 Å². The molecule has 0 aromatic heterocycles. The van der Waals surface area contributed by atoms with Crippen molar-refractivity contribution in [2.75, 3.05) is 0 Å². The Hall–Kier alpha value is -1.33. The first-order valence-corrected chi connectivity index (χ1v) is 3.51. The topological polar surface area (TPSA) is 9.23 Å². The van der Waals surface area contributed by atoms with Gasteiger partial charge in [-0.1, -0.05) is 0 Å². The van der Waals surface area contributed by atoms with Crippen molar-refractivity contribution in [1.82, 2.24) is 0 Å². The molecule has 0 bridgehead atoms. The molecule has 0 aliphatic rings. The molecule has 14 heavy (non-hydrogen) atoms. The molecule has 1 rings (SSSR count). The van der Waals surface area contributed by atoms with Crippen LogP contribution < -0.4 is 4.74 Å². The number of aryl methyl sites for hydroxylation is 1. The highest BCUT2D eigenvalue weighted by Gasteiger charge is 2.32. The third-order valence-electron chi connectivity index (χ3n) is 1.44. The Labute approximate surface area is 76.1 Å². The molecule has 0 fully saturated rings. The van der Waals surface area contributed by atoms with Crippen LogP contribution in [0.2, 0.25) is 0 Å². The number of hydrogen-bond acceptors (Lipinski definition) is 1. The maximum absolute atomic E-state index is 12.7. The van der Waals surface area contributed by atoms with Crippen LogP contribution in [-0.4, -0.2) is 6.36 Å². The summed E-state index contributed by atoms with van der Waals surface area (Å²) in [6.07, 6.45) is -4.98. The van der Waals surface area contributed by atoms with Gasteiger partial charge in [0, 0.05) is 6.07 Å². The van der Waals surface area contributed by atoms with E-state index in [0.29, 0.717) is 12.1 Å². The number of rotatable bonds is 1. The normalized spacial score (nSPS) is 11.6. The van der Waals surface area contributed by atoms with Gasteiger partial charge < -0.3 is 4.74 Å². The zero-order chi connectivity index (χ0) is 10.9. The summed E-state index contributed by atoms with van der Waals surface area (Å²) in [7, 11) is 0. The SMILES string of the molecule is Cc1cc(OC(F)(F)F)c(F)cc1F. The van der Waals surface area contributed by atoms with E-state index >= 15 is 0 Å². The first-order chi connectivity index (χ1) is 6.29. The fourth-order valence-corrected chi connectivity index (χ4v) is 0.834. The molecule has 1 aromatic carbocycles. The molecular weight excluding hydrogens is 207 g/mol. The summed E-state index contributed by atoms with van der Waals surface area (Å²) in [6.45, 7) is 1.21. The van der Waals surface area contributed by atoms with E-state index in [2.05, 4.69) is 4.74 Å². The van der Waals surface area contributed by atoms with Crippen LogP contribution in [0.25, 0.3) is 0 Å². The minimum Gasteiger partial charge on any atom is -0.403 e. The van der Waals surface area contributed by atoms with Crippen molar-refractivity contribution >= 4 is 0 Å². The molecule has 0 unspecified atom stereocenters. The third kappa shape index (κ3) is 2.58. The highest BCUT2D eigenvalue weighted by molar-refractivity contribution is 5.30. The lowest BCUT2D eigenvalue weighted by Crippen LogP contribution is -2.18. The Balaban J connectivity index is 3.04. The average Bonchev–Trinajstić information content (AvgIpc) is 1.97. The number of halogens is 5. The summed E-state index contributed by atoms with van der Waals surface area (Å²) in [5.41, 5.74) is -0.120. The van der Waals surface area contributed by atoms with Crippen LogP contribution in [0, 0.1) is 18.6 Å². The molecule has 0 saturated heterocycles. The molecule has 0 radical (unpaired) electrons. The van der Waals surface area contributed by atoms with Crippen molar-refractivity contribution in [3.8, 4) is 5.75 Å². The Morgan fingerprint density at radius 3 is 2.14 bits per heavy atom. The molecule has 0 saturated carbocycles. The van der Waals surface area contributed by atoms with E-state index < -0.39 is 23.7 Å². The van der Waals surface area contributed by atoms with Crippen molar-refractivity contribution in [3.63, 3.8) is 0 Å². The van der Waals surface area contributed by atoms with Gasteiger partial charge in [0.25, 0.3) is 0 Å². The third-order valence-corrected chi connectivity index (χ3v) is 1.44. The monoisotopic (exact) mass is 212 g/mol. The fourth-order valence-electron chi connectivity index (χ4n) is 0.834. The van der Waals surface area contributed by atoms with E-state index in [1.54, 1.807) is 0 Å². The minimum atomic E-state index is -4.98. The van der Waals surface area contributed by atoms with E-state index in [-0.39, 0.29) is 5.56 Å². The largest absolute Gasteiger partial charge is 0.573 e. The van der Waals surface area contributed by atoms with Crippen molar-refractivity contribution < 1.29 is 26.7 Å². The zero-order valence-electron chi connectivity index (χ0n) is 6.95. The molecular formula is C8H5F5O. The van der Waals surface area contributed by atoms with Crippen LogP contribution in [-0.2, 0) is 0 Å². The van der Waals surface area contributed by atoms with Gasteiger partial charge in [0.05, 0.1) is 0 Å². The highest BCUT2D eigenvalue weighted by atomic mass is 19.4. The summed E-state index contributed by atoms with van der Waals surface area (Å²) in [6, 6.07) is 0.995. The first-order valence-electron chi connectivity index (χ1n) is 3.51. The molecule has 0 aliphatic carbocycles. The molecule has 0 heterocycles. The lowest BCUT2D eigenvalue weighted by molar-refractivity contribution is -0.275. The van der Waals surface area contributed by atoms with Gasteiger partial charge in [0.1, 0.15) is 5.82 Å². The molecule has 0 aliphatic heterocycles. The summed E-state index contributed by atoms with van der Waals surface area (Å²) in [5, 5.41) is 0. The summed E-state index contributed by atoms with van der Waals surface area (Å²) >= 11 is 0. The maximum atomic E-state index is 12.7. The Bertz CT molecular complexity index is 344. The van der Waals surface area contributed by atoms with Gasteiger partial charge in [-0.2, -0.15) is 0 Å². The molecule has 6 heteroatoms. The van der Waals surface area contributed by atoms with Crippen LogP contribution in [0.1, 0.15) is 5.56 Å². The second-order valence-corrected chi connectivity index (χ2v) is 2.58. The lowest BCUT2D eigenvalue weighted by Gasteiger charge is -2.10. The van der Waals surface area contributed by atoms with Gasteiger partial charge in [-0.3, -0.25) is 0 Å². The van der Waals surface area contributed by atoms with Gasteiger partial charge in [0.2, 0.25) is 0 Å². The first kappa shape index (κ1) is 10.7. The molecule has 1 aromatic rings. The Kier molecular flexibility index (Phi) is 2.64. The van der Waals surface area contributed by atoms with E-state index in [0.717, 1.165) is 0 Å². The fraction of sp³-hybridized carbons (Fsp3) is 0.250. The van der Waals surface area contributed by atoms with E-state index in [4.69, 9.17) is 0 Å². The Morgan fingerprint density at radius 1 is 1.07 bits per heavy atom. The van der Waals surface area contributed by atoms with Crippen molar-refractivity contribution in [2.45, 2.75) is 13.3 Å². The second kappa shape index (κ2) is 3.43. The number of ether oxygens (including phenoxy) is 1. The van der Waals surface area contributed by atoms with Crippen LogP contribution >= 0.6 is 0 Å². The number of benzene rings is 1. The van der Waals surface area contributed by atoms with Gasteiger partial charge >= 0.3 is 6.36 Å². The van der Waals surface area contributed by atoms with E-state index in [9.17, 15) is 22.0 Å². The zero-order valence-corrected chi connectivity index (χ0v) is 6.95. The molecule has 0 amide bonds. The predicted octanol–water partition coefficient (Wildman–Crippen LogP) is 3.17. The van der Waals surface area contributed by atoms with Gasteiger partial charge in [-0.25, -0.2) is 8.78 Å². The minimum absolute atomic E-state index is 0.120. The van der Waals surface area contributed by atoms with Gasteiger partial charge in [0.15, 0.2) is 11.6 Å². The van der Waals surface area contributed by atoms with Gasteiger partial charge in [-0.05, 0) is 18.6 Å². The lowest BCUT2D eigenvalue weighted by atomic mass is 10.2. The van der Waals surface area contributed by atoms with Crippen molar-refractivity contribution in [1.29, 1.82) is 0 Å². The average molecular weight is 212 g/mol. The molecule has 1 nitrogen and oxygen atoms in total. The maximum Gasteiger partial charge on any atom is 0.573 e. The van der Waals surface area contributed by atoms with E-state index in [1.807, 2.05) is 0 Å². The quantitative estimate of drug-likeness (QED) is 0.649.